The van der Waals surface area contributed by atoms with Crippen molar-refractivity contribution in [3.63, 3.8) is 0 Å². The third kappa shape index (κ3) is 3.97. The molecular weight excluding hydrogens is 410 g/mol. The normalized spacial score (nSPS) is 13.2. The minimum atomic E-state index is -3.68. The number of amides is 1. The van der Waals surface area contributed by atoms with Crippen molar-refractivity contribution in [1.82, 2.24) is 10.3 Å². The molecule has 3 aromatic rings. The molecule has 148 valence electrons. The zero-order valence-electron chi connectivity index (χ0n) is 15.4. The third-order valence-corrected chi connectivity index (χ3v) is 6.83. The molecule has 1 aromatic heterocycles. The van der Waals surface area contributed by atoms with E-state index in [0.29, 0.717) is 35.8 Å². The predicted molar refractivity (Wildman–Crippen MR) is 112 cm³/mol. The Labute approximate surface area is 174 Å². The zero-order valence-corrected chi connectivity index (χ0v) is 16.9. The van der Waals surface area contributed by atoms with E-state index in [4.69, 9.17) is 11.6 Å². The van der Waals surface area contributed by atoms with Crippen LogP contribution >= 0.6 is 11.6 Å². The molecule has 4 rings (SSSR count). The summed E-state index contributed by atoms with van der Waals surface area (Å²) in [6, 6.07) is 16.7. The van der Waals surface area contributed by atoms with Crippen LogP contribution in [0.25, 0.3) is 0 Å². The fourth-order valence-electron chi connectivity index (χ4n) is 3.27. The van der Waals surface area contributed by atoms with Crippen LogP contribution in [0.2, 0.25) is 5.02 Å². The first-order valence-electron chi connectivity index (χ1n) is 9.04. The van der Waals surface area contributed by atoms with Crippen molar-refractivity contribution in [1.29, 1.82) is 0 Å². The first-order valence-corrected chi connectivity index (χ1v) is 10.9. The first kappa shape index (κ1) is 19.4. The van der Waals surface area contributed by atoms with Gasteiger partial charge in [0, 0.05) is 23.3 Å². The van der Waals surface area contributed by atoms with Crippen LogP contribution in [-0.2, 0) is 23.0 Å². The number of nitrogens with one attached hydrogen (secondary N) is 1. The van der Waals surface area contributed by atoms with E-state index >= 15 is 0 Å². The van der Waals surface area contributed by atoms with Crippen LogP contribution in [-0.4, -0.2) is 25.9 Å². The Balaban J connectivity index is 1.53. The average molecular weight is 428 g/mol. The summed E-state index contributed by atoms with van der Waals surface area (Å²) in [6.45, 7) is 0.660. The third-order valence-electron chi connectivity index (χ3n) is 4.75. The highest BCUT2D eigenvalue weighted by Gasteiger charge is 2.31. The summed E-state index contributed by atoms with van der Waals surface area (Å²) in [4.78, 5) is 16.8. The Morgan fingerprint density at radius 3 is 2.62 bits per heavy atom. The van der Waals surface area contributed by atoms with Gasteiger partial charge in [0.1, 0.15) is 0 Å². The first-order chi connectivity index (χ1) is 13.9. The van der Waals surface area contributed by atoms with Gasteiger partial charge in [-0.1, -0.05) is 17.7 Å². The molecule has 0 radical (unpaired) electrons. The number of nitrogens with zero attached hydrogens (tertiary/aromatic N) is 2. The van der Waals surface area contributed by atoms with Gasteiger partial charge in [0.15, 0.2) is 0 Å². The Hall–Kier alpha value is -2.90. The number of hydrogen-bond acceptors (Lipinski definition) is 4. The Bertz CT molecular complexity index is 1150. The van der Waals surface area contributed by atoms with Crippen molar-refractivity contribution < 1.29 is 13.2 Å². The number of benzene rings is 2. The van der Waals surface area contributed by atoms with Gasteiger partial charge >= 0.3 is 0 Å². The lowest BCUT2D eigenvalue weighted by atomic mass is 10.1. The SMILES string of the molecule is O=C(NCc1ccccn1)c1ccc2c(c1)CCN2S(=O)(=O)c1ccc(Cl)cc1. The van der Waals surface area contributed by atoms with Gasteiger partial charge < -0.3 is 5.32 Å². The number of halogens is 1. The maximum atomic E-state index is 13.0. The van der Waals surface area contributed by atoms with Crippen LogP contribution in [0.15, 0.2) is 71.8 Å². The van der Waals surface area contributed by atoms with Crippen LogP contribution in [0, 0.1) is 0 Å². The quantitative estimate of drug-likeness (QED) is 0.676. The van der Waals surface area contributed by atoms with Gasteiger partial charge in [0.2, 0.25) is 0 Å². The zero-order chi connectivity index (χ0) is 20.4. The molecule has 0 atom stereocenters. The molecule has 8 heteroatoms. The minimum Gasteiger partial charge on any atom is -0.346 e. The molecule has 2 heterocycles. The summed E-state index contributed by atoms with van der Waals surface area (Å²) in [5.41, 5.74) is 2.68. The van der Waals surface area contributed by atoms with Crippen LogP contribution < -0.4 is 9.62 Å². The van der Waals surface area contributed by atoms with E-state index in [1.54, 1.807) is 36.5 Å². The Morgan fingerprint density at radius 1 is 1.10 bits per heavy atom. The van der Waals surface area contributed by atoms with Crippen molar-refractivity contribution in [2.75, 3.05) is 10.8 Å². The largest absolute Gasteiger partial charge is 0.346 e. The van der Waals surface area contributed by atoms with Gasteiger partial charge in [0.05, 0.1) is 22.8 Å². The molecule has 2 aromatic carbocycles. The van der Waals surface area contributed by atoms with E-state index in [1.807, 2.05) is 18.2 Å². The van der Waals surface area contributed by atoms with Gasteiger partial charge in [-0.15, -0.1) is 0 Å². The highest BCUT2D eigenvalue weighted by atomic mass is 35.5. The molecule has 1 aliphatic heterocycles. The number of anilines is 1. The molecule has 1 aliphatic rings. The number of rotatable bonds is 5. The van der Waals surface area contributed by atoms with Gasteiger partial charge in [-0.05, 0) is 66.6 Å². The fraction of sp³-hybridized carbons (Fsp3) is 0.143. The van der Waals surface area contributed by atoms with Crippen molar-refractivity contribution in [2.45, 2.75) is 17.9 Å². The highest BCUT2D eigenvalue weighted by molar-refractivity contribution is 7.92. The molecule has 0 saturated carbocycles. The number of carbonyl (C=O) groups excluding carboxylic acids is 1. The maximum absolute atomic E-state index is 13.0. The molecule has 1 amide bonds. The molecule has 0 bridgehead atoms. The molecule has 0 fully saturated rings. The van der Waals surface area contributed by atoms with E-state index in [9.17, 15) is 13.2 Å². The Kier molecular flexibility index (Phi) is 5.25. The van der Waals surface area contributed by atoms with Gasteiger partial charge in [-0.2, -0.15) is 0 Å². The lowest BCUT2D eigenvalue weighted by molar-refractivity contribution is 0.0950. The van der Waals surface area contributed by atoms with Gasteiger partial charge in [-0.25, -0.2) is 8.42 Å². The van der Waals surface area contributed by atoms with Crippen molar-refractivity contribution in [3.8, 4) is 0 Å². The maximum Gasteiger partial charge on any atom is 0.264 e. The summed E-state index contributed by atoms with van der Waals surface area (Å²) in [6.07, 6.45) is 2.22. The summed E-state index contributed by atoms with van der Waals surface area (Å²) >= 11 is 5.86. The van der Waals surface area contributed by atoms with Crippen LogP contribution in [0.3, 0.4) is 0 Å². The number of fused-ring (bicyclic) bond motifs is 1. The lowest BCUT2D eigenvalue weighted by Gasteiger charge is -2.19. The van der Waals surface area contributed by atoms with E-state index in [1.165, 1.54) is 16.4 Å². The molecule has 1 N–H and O–H groups in total. The number of aromatic nitrogens is 1. The van der Waals surface area contributed by atoms with Gasteiger partial charge in [0.25, 0.3) is 15.9 Å². The minimum absolute atomic E-state index is 0.187. The molecule has 0 unspecified atom stereocenters. The van der Waals surface area contributed by atoms with E-state index in [2.05, 4.69) is 10.3 Å². The van der Waals surface area contributed by atoms with E-state index in [0.717, 1.165) is 11.3 Å². The van der Waals surface area contributed by atoms with Crippen molar-refractivity contribution in [2.24, 2.45) is 0 Å². The molecule has 6 nitrogen and oxygen atoms in total. The summed E-state index contributed by atoms with van der Waals surface area (Å²) in [5, 5.41) is 3.31. The number of hydrogen-bond donors (Lipinski definition) is 1. The van der Waals surface area contributed by atoms with Crippen molar-refractivity contribution >= 4 is 33.2 Å². The summed E-state index contributed by atoms with van der Waals surface area (Å²) < 4.78 is 27.3. The second kappa shape index (κ2) is 7.85. The smallest absolute Gasteiger partial charge is 0.264 e. The lowest BCUT2D eigenvalue weighted by Crippen LogP contribution is -2.29. The standard InChI is InChI=1S/C21H18ClN3O3S/c22-17-5-7-19(8-6-17)29(27,28)25-12-10-15-13-16(4-9-20(15)25)21(26)24-14-18-3-1-2-11-23-18/h1-9,11,13H,10,12,14H2,(H,24,26). The molecule has 29 heavy (non-hydrogen) atoms. The van der Waals surface area contributed by atoms with Crippen molar-refractivity contribution in [3.05, 3.63) is 88.7 Å². The highest BCUT2D eigenvalue weighted by Crippen LogP contribution is 2.33. The topological polar surface area (TPSA) is 79.4 Å². The van der Waals surface area contributed by atoms with E-state index in [-0.39, 0.29) is 10.8 Å². The molecular formula is C21H18ClN3O3S. The summed E-state index contributed by atoms with van der Waals surface area (Å²) in [5.74, 6) is -0.225. The monoisotopic (exact) mass is 427 g/mol. The average Bonchev–Trinajstić information content (AvgIpc) is 3.17. The Morgan fingerprint density at radius 2 is 1.90 bits per heavy atom. The summed E-state index contributed by atoms with van der Waals surface area (Å²) in [7, 11) is -3.68. The number of carbonyl (C=O) groups is 1. The number of pyridine rings is 1. The van der Waals surface area contributed by atoms with Crippen LogP contribution in [0.4, 0.5) is 5.69 Å². The van der Waals surface area contributed by atoms with Crippen LogP contribution in [0.5, 0.6) is 0 Å². The second-order valence-electron chi connectivity index (χ2n) is 6.63. The molecule has 0 saturated heterocycles. The fourth-order valence-corrected chi connectivity index (χ4v) is 4.90. The molecule has 0 aliphatic carbocycles. The predicted octanol–water partition coefficient (Wildman–Crippen LogP) is 3.42. The van der Waals surface area contributed by atoms with Gasteiger partial charge in [-0.3, -0.25) is 14.1 Å². The number of sulfonamides is 1. The molecule has 0 spiro atoms. The van der Waals surface area contributed by atoms with E-state index < -0.39 is 10.0 Å². The second-order valence-corrected chi connectivity index (χ2v) is 8.93. The van der Waals surface area contributed by atoms with Crippen LogP contribution in [0.1, 0.15) is 21.6 Å².